The lowest BCUT2D eigenvalue weighted by Crippen LogP contribution is -2.33. The fraction of sp³-hybridized carbons (Fsp3) is 0.222. The van der Waals surface area contributed by atoms with Crippen LogP contribution in [0.1, 0.15) is 17.5 Å². The van der Waals surface area contributed by atoms with E-state index in [1.807, 2.05) is 30.3 Å². The number of benzene rings is 2. The summed E-state index contributed by atoms with van der Waals surface area (Å²) in [7, 11) is 0. The van der Waals surface area contributed by atoms with E-state index < -0.39 is 17.6 Å². The van der Waals surface area contributed by atoms with Gasteiger partial charge in [-0.1, -0.05) is 41.9 Å². The van der Waals surface area contributed by atoms with Crippen LogP contribution in [0.4, 0.5) is 18.9 Å². The van der Waals surface area contributed by atoms with Gasteiger partial charge in [-0.05, 0) is 30.2 Å². The van der Waals surface area contributed by atoms with Crippen LogP contribution < -0.4 is 10.6 Å². The molecule has 0 saturated heterocycles. The maximum absolute atomic E-state index is 12.7. The van der Waals surface area contributed by atoms with E-state index in [-0.39, 0.29) is 29.6 Å². The molecule has 0 heterocycles. The van der Waals surface area contributed by atoms with Crippen LogP contribution in [-0.2, 0) is 22.2 Å². The van der Waals surface area contributed by atoms with E-state index in [0.29, 0.717) is 6.42 Å². The van der Waals surface area contributed by atoms with Gasteiger partial charge in [0.15, 0.2) is 0 Å². The van der Waals surface area contributed by atoms with E-state index in [1.165, 1.54) is 0 Å². The van der Waals surface area contributed by atoms with Crippen molar-refractivity contribution in [1.29, 1.82) is 0 Å². The summed E-state index contributed by atoms with van der Waals surface area (Å²) in [6.45, 7) is -0.361. The molecule has 0 spiro atoms. The predicted molar refractivity (Wildman–Crippen MR) is 92.9 cm³/mol. The van der Waals surface area contributed by atoms with Gasteiger partial charge < -0.3 is 10.6 Å². The Hall–Kier alpha value is -2.54. The van der Waals surface area contributed by atoms with Crippen molar-refractivity contribution < 1.29 is 22.8 Å². The number of carbonyl (C=O) groups excluding carboxylic acids is 2. The van der Waals surface area contributed by atoms with E-state index in [4.69, 9.17) is 11.6 Å². The average Bonchev–Trinajstić information content (AvgIpc) is 2.60. The first-order chi connectivity index (χ1) is 12.3. The number of nitrogens with one attached hydrogen (secondary N) is 2. The molecule has 2 aromatic carbocycles. The maximum Gasteiger partial charge on any atom is 0.416 e. The summed E-state index contributed by atoms with van der Waals surface area (Å²) in [6, 6.07) is 12.0. The zero-order valence-corrected chi connectivity index (χ0v) is 14.3. The van der Waals surface area contributed by atoms with E-state index >= 15 is 0 Å². The molecular formula is C18H16ClF3N2O2. The van der Waals surface area contributed by atoms with Crippen LogP contribution in [0.2, 0.25) is 5.02 Å². The molecule has 2 rings (SSSR count). The summed E-state index contributed by atoms with van der Waals surface area (Å²) in [6.07, 6.45) is -3.83. The van der Waals surface area contributed by atoms with Crippen molar-refractivity contribution in [2.24, 2.45) is 0 Å². The quantitative estimate of drug-likeness (QED) is 0.789. The Labute approximate surface area is 153 Å². The van der Waals surface area contributed by atoms with Crippen molar-refractivity contribution >= 4 is 29.1 Å². The molecule has 8 heteroatoms. The Morgan fingerprint density at radius 1 is 1.00 bits per heavy atom. The first-order valence-corrected chi connectivity index (χ1v) is 8.11. The maximum atomic E-state index is 12.7. The van der Waals surface area contributed by atoms with E-state index in [1.54, 1.807) is 0 Å². The lowest BCUT2D eigenvalue weighted by Gasteiger charge is -2.12. The summed E-state index contributed by atoms with van der Waals surface area (Å²) in [5, 5.41) is 4.66. The molecule has 0 aromatic heterocycles. The molecule has 0 bridgehead atoms. The van der Waals surface area contributed by atoms with Crippen molar-refractivity contribution in [3.8, 4) is 0 Å². The molecule has 0 aliphatic rings. The molecule has 0 unspecified atom stereocenters. The van der Waals surface area contributed by atoms with Crippen LogP contribution >= 0.6 is 11.6 Å². The highest BCUT2D eigenvalue weighted by Crippen LogP contribution is 2.33. The van der Waals surface area contributed by atoms with Crippen molar-refractivity contribution in [2.75, 3.05) is 11.9 Å². The number of amides is 2. The first-order valence-electron chi connectivity index (χ1n) is 7.73. The zero-order valence-electron chi connectivity index (χ0n) is 13.6. The number of halogens is 4. The van der Waals surface area contributed by atoms with Crippen LogP contribution in [0.15, 0.2) is 48.5 Å². The number of hydrogen-bond acceptors (Lipinski definition) is 2. The van der Waals surface area contributed by atoms with Gasteiger partial charge in [0.2, 0.25) is 11.8 Å². The Bertz CT molecular complexity index is 780. The number of rotatable bonds is 6. The normalized spacial score (nSPS) is 11.1. The molecule has 138 valence electrons. The molecule has 26 heavy (non-hydrogen) atoms. The van der Waals surface area contributed by atoms with Crippen molar-refractivity contribution in [3.05, 3.63) is 64.7 Å². The summed E-state index contributed by atoms with van der Waals surface area (Å²) in [4.78, 5) is 23.6. The molecule has 0 atom stereocenters. The third-order valence-electron chi connectivity index (χ3n) is 3.50. The van der Waals surface area contributed by atoms with Gasteiger partial charge in [-0.25, -0.2) is 0 Å². The third kappa shape index (κ3) is 6.07. The fourth-order valence-electron chi connectivity index (χ4n) is 2.16. The van der Waals surface area contributed by atoms with Gasteiger partial charge in [-0.2, -0.15) is 13.2 Å². The lowest BCUT2D eigenvalue weighted by atomic mass is 10.1. The highest BCUT2D eigenvalue weighted by Gasteiger charge is 2.31. The molecule has 0 fully saturated rings. The first kappa shape index (κ1) is 19.8. The van der Waals surface area contributed by atoms with Crippen LogP contribution in [-0.4, -0.2) is 18.4 Å². The minimum Gasteiger partial charge on any atom is -0.347 e. The minimum absolute atomic E-state index is 0.0262. The summed E-state index contributed by atoms with van der Waals surface area (Å²) in [5.74, 6) is -1.00. The number of anilines is 1. The topological polar surface area (TPSA) is 58.2 Å². The minimum atomic E-state index is -4.55. The van der Waals surface area contributed by atoms with Gasteiger partial charge >= 0.3 is 6.18 Å². The third-order valence-corrected chi connectivity index (χ3v) is 3.83. The van der Waals surface area contributed by atoms with E-state index in [2.05, 4.69) is 10.6 Å². The molecule has 4 nitrogen and oxygen atoms in total. The molecule has 0 radical (unpaired) electrons. The number of hydrogen-bond donors (Lipinski definition) is 2. The van der Waals surface area contributed by atoms with E-state index in [9.17, 15) is 22.8 Å². The molecule has 2 amide bonds. The standard InChI is InChI=1S/C18H16ClF3N2O2/c19-14-8-7-13(18(20,21)22)10-15(14)24-17(26)11-23-16(25)9-6-12-4-2-1-3-5-12/h1-5,7-8,10H,6,9,11H2,(H,23,25)(H,24,26). The van der Waals surface area contributed by atoms with Gasteiger partial charge in [0.25, 0.3) is 0 Å². The Balaban J connectivity index is 1.84. The van der Waals surface area contributed by atoms with Crippen LogP contribution in [0, 0.1) is 0 Å². The summed E-state index contributed by atoms with van der Waals surface area (Å²) < 4.78 is 38.1. The van der Waals surface area contributed by atoms with E-state index in [0.717, 1.165) is 23.8 Å². The van der Waals surface area contributed by atoms with Gasteiger partial charge in [0, 0.05) is 6.42 Å². The second-order valence-electron chi connectivity index (χ2n) is 5.50. The SMILES string of the molecule is O=C(CCc1ccccc1)NCC(=O)Nc1cc(C(F)(F)F)ccc1Cl. The number of aryl methyl sites for hydroxylation is 1. The number of alkyl halides is 3. The smallest absolute Gasteiger partial charge is 0.347 e. The van der Waals surface area contributed by atoms with Gasteiger partial charge in [0.1, 0.15) is 0 Å². The molecule has 2 N–H and O–H groups in total. The van der Waals surface area contributed by atoms with Crippen LogP contribution in [0.5, 0.6) is 0 Å². The van der Waals surface area contributed by atoms with Crippen molar-refractivity contribution in [3.63, 3.8) is 0 Å². The Morgan fingerprint density at radius 3 is 2.35 bits per heavy atom. The fourth-order valence-corrected chi connectivity index (χ4v) is 2.33. The monoisotopic (exact) mass is 384 g/mol. The second kappa shape index (κ2) is 8.71. The molecule has 0 saturated carbocycles. The van der Waals surface area contributed by atoms with Crippen LogP contribution in [0.25, 0.3) is 0 Å². The molecule has 0 aliphatic heterocycles. The second-order valence-corrected chi connectivity index (χ2v) is 5.91. The molecular weight excluding hydrogens is 369 g/mol. The van der Waals surface area contributed by atoms with Crippen molar-refractivity contribution in [1.82, 2.24) is 5.32 Å². The Morgan fingerprint density at radius 2 is 1.69 bits per heavy atom. The zero-order chi connectivity index (χ0) is 19.2. The highest BCUT2D eigenvalue weighted by atomic mass is 35.5. The van der Waals surface area contributed by atoms with Gasteiger partial charge in [-0.15, -0.1) is 0 Å². The van der Waals surface area contributed by atoms with Gasteiger partial charge in [0.05, 0.1) is 22.8 Å². The average molecular weight is 385 g/mol. The largest absolute Gasteiger partial charge is 0.416 e. The lowest BCUT2D eigenvalue weighted by molar-refractivity contribution is -0.137. The van der Waals surface area contributed by atoms with Crippen LogP contribution in [0.3, 0.4) is 0 Å². The summed E-state index contributed by atoms with van der Waals surface area (Å²) in [5.41, 5.74) is -0.100. The Kier molecular flexibility index (Phi) is 6.63. The predicted octanol–water partition coefficient (Wildman–Crippen LogP) is 4.05. The number of carbonyl (C=O) groups is 2. The van der Waals surface area contributed by atoms with Crippen molar-refractivity contribution in [2.45, 2.75) is 19.0 Å². The molecule has 2 aromatic rings. The highest BCUT2D eigenvalue weighted by molar-refractivity contribution is 6.33. The summed E-state index contributed by atoms with van der Waals surface area (Å²) >= 11 is 5.80. The molecule has 0 aliphatic carbocycles. The van der Waals surface area contributed by atoms with Gasteiger partial charge in [-0.3, -0.25) is 9.59 Å².